The van der Waals surface area contributed by atoms with Gasteiger partial charge < -0.3 is 14.6 Å². The summed E-state index contributed by atoms with van der Waals surface area (Å²) in [6, 6.07) is 18.0. The van der Waals surface area contributed by atoms with Gasteiger partial charge in [0.05, 0.1) is 12.0 Å². The molecule has 1 N–H and O–H groups in total. The van der Waals surface area contributed by atoms with Crippen LogP contribution in [0.3, 0.4) is 0 Å². The molecule has 1 unspecified atom stereocenters. The molecule has 0 saturated carbocycles. The van der Waals surface area contributed by atoms with E-state index in [1.165, 1.54) is 5.56 Å². The first kappa shape index (κ1) is 20.1. The molecule has 0 aromatic heterocycles. The number of esters is 1. The number of ketones is 1. The highest BCUT2D eigenvalue weighted by atomic mass is 16.5. The van der Waals surface area contributed by atoms with Gasteiger partial charge in [0.2, 0.25) is 5.78 Å². The zero-order valence-corrected chi connectivity index (χ0v) is 17.8. The van der Waals surface area contributed by atoms with Gasteiger partial charge in [-0.15, -0.1) is 0 Å². The number of fused-ring (bicyclic) bond motifs is 3. The smallest absolute Gasteiger partial charge is 0.312 e. The molecule has 2 aliphatic rings. The Kier molecular flexibility index (Phi) is 4.82. The predicted molar refractivity (Wildman–Crippen MR) is 120 cm³/mol. The third-order valence-electron chi connectivity index (χ3n) is 5.98. The maximum Gasteiger partial charge on any atom is 0.312 e. The minimum atomic E-state index is -0.346. The van der Waals surface area contributed by atoms with Crippen molar-refractivity contribution in [2.24, 2.45) is 0 Å². The number of ether oxygens (including phenoxy) is 2. The van der Waals surface area contributed by atoms with E-state index in [0.29, 0.717) is 28.5 Å². The first-order valence-corrected chi connectivity index (χ1v) is 10.6. The Bertz CT molecular complexity index is 1250. The van der Waals surface area contributed by atoms with Crippen LogP contribution in [0.1, 0.15) is 64.7 Å². The molecule has 2 heterocycles. The summed E-state index contributed by atoms with van der Waals surface area (Å²) in [5.41, 5.74) is 4.07. The fraction of sp³-hybridized carbons (Fsp3) is 0.185. The van der Waals surface area contributed by atoms with E-state index in [2.05, 4.69) is 13.8 Å². The highest BCUT2D eigenvalue weighted by Gasteiger charge is 2.38. The van der Waals surface area contributed by atoms with E-state index in [4.69, 9.17) is 9.47 Å². The molecule has 5 rings (SSSR count). The van der Waals surface area contributed by atoms with E-state index in [9.17, 15) is 14.7 Å². The molecule has 0 amide bonds. The number of allylic oxidation sites excluding steroid dienone is 1. The number of carbonyl (C=O) groups is 2. The molecule has 3 aromatic rings. The number of rotatable bonds is 3. The Morgan fingerprint density at radius 1 is 0.938 bits per heavy atom. The summed E-state index contributed by atoms with van der Waals surface area (Å²) in [5.74, 6) is 0.767. The SMILES string of the molecule is CC(C)c1ccc(C=C2Oc3c(ccc4c3C(c3ccc(O)cc3)CC(=O)O4)C2=O)cc1. The van der Waals surface area contributed by atoms with Gasteiger partial charge in [0.1, 0.15) is 17.2 Å². The molecule has 0 fully saturated rings. The molecule has 5 heteroatoms. The summed E-state index contributed by atoms with van der Waals surface area (Å²) in [5, 5.41) is 9.65. The molecule has 0 spiro atoms. The lowest BCUT2D eigenvalue weighted by Gasteiger charge is -2.26. The topological polar surface area (TPSA) is 72.8 Å². The van der Waals surface area contributed by atoms with Gasteiger partial charge in [-0.05, 0) is 52.9 Å². The first-order chi connectivity index (χ1) is 15.4. The fourth-order valence-electron chi connectivity index (χ4n) is 4.23. The second kappa shape index (κ2) is 7.68. The number of Topliss-reactive ketones (excluding diaryl/α,β-unsaturated/α-hetero) is 1. The number of hydrogen-bond acceptors (Lipinski definition) is 5. The molecule has 3 aromatic carbocycles. The lowest BCUT2D eigenvalue weighted by Crippen LogP contribution is -2.21. The van der Waals surface area contributed by atoms with Crippen molar-refractivity contribution in [3.63, 3.8) is 0 Å². The zero-order valence-electron chi connectivity index (χ0n) is 17.8. The van der Waals surface area contributed by atoms with Crippen molar-refractivity contribution >= 4 is 17.8 Å². The average Bonchev–Trinajstić information content (AvgIpc) is 3.09. The Morgan fingerprint density at radius 2 is 1.66 bits per heavy atom. The average molecular weight is 426 g/mol. The molecule has 5 nitrogen and oxygen atoms in total. The van der Waals surface area contributed by atoms with Crippen LogP contribution in [0.25, 0.3) is 6.08 Å². The second-order valence-corrected chi connectivity index (χ2v) is 8.44. The van der Waals surface area contributed by atoms with Crippen LogP contribution in [0.2, 0.25) is 0 Å². The lowest BCUT2D eigenvalue weighted by atomic mass is 9.84. The minimum absolute atomic E-state index is 0.126. The van der Waals surface area contributed by atoms with Gasteiger partial charge >= 0.3 is 5.97 Å². The van der Waals surface area contributed by atoms with Crippen LogP contribution in [0.15, 0.2) is 66.4 Å². The quantitative estimate of drug-likeness (QED) is 0.337. The maximum atomic E-state index is 13.1. The summed E-state index contributed by atoms with van der Waals surface area (Å²) in [6.45, 7) is 4.27. The Hall–Kier alpha value is -3.86. The van der Waals surface area contributed by atoms with Crippen molar-refractivity contribution in [3.8, 4) is 17.2 Å². The summed E-state index contributed by atoms with van der Waals surface area (Å²) in [6.07, 6.45) is 1.87. The van der Waals surface area contributed by atoms with Crippen LogP contribution in [0, 0.1) is 0 Å². The van der Waals surface area contributed by atoms with Crippen LogP contribution in [-0.4, -0.2) is 16.9 Å². The molecule has 2 aliphatic heterocycles. The number of phenolic OH excluding ortho intramolecular Hbond substituents is 1. The minimum Gasteiger partial charge on any atom is -0.508 e. The predicted octanol–water partition coefficient (Wildman–Crippen LogP) is 5.57. The third kappa shape index (κ3) is 3.46. The molecule has 1 atom stereocenters. The van der Waals surface area contributed by atoms with Crippen LogP contribution in [0.4, 0.5) is 0 Å². The maximum absolute atomic E-state index is 13.1. The monoisotopic (exact) mass is 426 g/mol. The second-order valence-electron chi connectivity index (χ2n) is 8.44. The highest BCUT2D eigenvalue weighted by Crippen LogP contribution is 2.49. The van der Waals surface area contributed by atoms with Crippen LogP contribution >= 0.6 is 0 Å². The molecule has 32 heavy (non-hydrogen) atoms. The van der Waals surface area contributed by atoms with Crippen molar-refractivity contribution in [2.45, 2.75) is 32.1 Å². The van der Waals surface area contributed by atoms with Crippen LogP contribution in [-0.2, 0) is 4.79 Å². The number of aromatic hydroxyl groups is 1. The molecular weight excluding hydrogens is 404 g/mol. The van der Waals surface area contributed by atoms with E-state index in [1.807, 2.05) is 24.3 Å². The van der Waals surface area contributed by atoms with Crippen molar-refractivity contribution in [1.82, 2.24) is 0 Å². The first-order valence-electron chi connectivity index (χ1n) is 10.6. The van der Waals surface area contributed by atoms with Crippen LogP contribution < -0.4 is 9.47 Å². The Morgan fingerprint density at radius 3 is 2.34 bits per heavy atom. The molecule has 160 valence electrons. The summed E-state index contributed by atoms with van der Waals surface area (Å²) >= 11 is 0. The van der Waals surface area contributed by atoms with Crippen LogP contribution in [0.5, 0.6) is 17.2 Å². The van der Waals surface area contributed by atoms with Crippen molar-refractivity contribution in [2.75, 3.05) is 0 Å². The van der Waals surface area contributed by atoms with Gasteiger partial charge in [0.15, 0.2) is 5.76 Å². The van der Waals surface area contributed by atoms with E-state index in [-0.39, 0.29) is 35.6 Å². The Labute approximate surface area is 185 Å². The van der Waals surface area contributed by atoms with Gasteiger partial charge in [0, 0.05) is 11.5 Å². The van der Waals surface area contributed by atoms with E-state index < -0.39 is 0 Å². The number of benzene rings is 3. The van der Waals surface area contributed by atoms with Gasteiger partial charge in [0.25, 0.3) is 0 Å². The Balaban J connectivity index is 1.55. The summed E-state index contributed by atoms with van der Waals surface area (Å²) in [7, 11) is 0. The van der Waals surface area contributed by atoms with Crippen molar-refractivity contribution < 1.29 is 24.2 Å². The van der Waals surface area contributed by atoms with Gasteiger partial charge in [-0.25, -0.2) is 0 Å². The molecule has 0 bridgehead atoms. The highest BCUT2D eigenvalue weighted by molar-refractivity contribution is 6.15. The molecule has 0 radical (unpaired) electrons. The molecule has 0 saturated heterocycles. The fourth-order valence-corrected chi connectivity index (χ4v) is 4.23. The third-order valence-corrected chi connectivity index (χ3v) is 5.98. The van der Waals surface area contributed by atoms with E-state index in [0.717, 1.165) is 11.1 Å². The summed E-state index contributed by atoms with van der Waals surface area (Å²) in [4.78, 5) is 25.3. The number of phenols is 1. The van der Waals surface area contributed by atoms with Gasteiger partial charge in [-0.2, -0.15) is 0 Å². The van der Waals surface area contributed by atoms with Crippen molar-refractivity contribution in [3.05, 3.63) is 94.2 Å². The lowest BCUT2D eigenvalue weighted by molar-refractivity contribution is -0.135. The largest absolute Gasteiger partial charge is 0.508 e. The number of carbonyl (C=O) groups excluding carboxylic acids is 2. The molecular formula is C27H22O5. The van der Waals surface area contributed by atoms with Gasteiger partial charge in [-0.1, -0.05) is 50.2 Å². The van der Waals surface area contributed by atoms with E-state index in [1.54, 1.807) is 42.5 Å². The summed E-state index contributed by atoms with van der Waals surface area (Å²) < 4.78 is 11.5. The standard InChI is InChI=1S/C27H22O5/c1-15(2)17-5-3-16(4-6-17)13-23-26(30)20-11-12-22-25(27(20)32-23)21(14-24(29)31-22)18-7-9-19(28)10-8-18/h3-13,15,21,28H,14H2,1-2H3. The van der Waals surface area contributed by atoms with Gasteiger partial charge in [-0.3, -0.25) is 9.59 Å². The zero-order chi connectivity index (χ0) is 22.4. The van der Waals surface area contributed by atoms with E-state index >= 15 is 0 Å². The molecule has 0 aliphatic carbocycles. The van der Waals surface area contributed by atoms with Crippen molar-refractivity contribution in [1.29, 1.82) is 0 Å². The normalized spacial score (nSPS) is 18.3. The number of hydrogen-bond donors (Lipinski definition) is 1.